The SMILES string of the molecule is C/C=C\c1c(C)cccc1I. The van der Waals surface area contributed by atoms with E-state index in [1.807, 2.05) is 6.92 Å². The summed E-state index contributed by atoms with van der Waals surface area (Å²) >= 11 is 2.36. The van der Waals surface area contributed by atoms with Crippen LogP contribution < -0.4 is 0 Å². The predicted octanol–water partition coefficient (Wildman–Crippen LogP) is 3.63. The smallest absolute Gasteiger partial charge is 0.0205 e. The third-order valence-electron chi connectivity index (χ3n) is 1.60. The van der Waals surface area contributed by atoms with Crippen LogP contribution in [0.25, 0.3) is 6.08 Å². The van der Waals surface area contributed by atoms with Crippen LogP contribution >= 0.6 is 22.6 Å². The fourth-order valence-electron chi connectivity index (χ4n) is 1.02. The summed E-state index contributed by atoms with van der Waals surface area (Å²) in [4.78, 5) is 0. The number of aryl methyl sites for hydroxylation is 1. The highest BCUT2D eigenvalue weighted by Gasteiger charge is 1.96. The molecule has 0 amide bonds. The van der Waals surface area contributed by atoms with Crippen molar-refractivity contribution in [2.24, 2.45) is 0 Å². The third-order valence-corrected chi connectivity index (χ3v) is 2.54. The number of hydrogen-bond acceptors (Lipinski definition) is 0. The number of benzene rings is 1. The van der Waals surface area contributed by atoms with Gasteiger partial charge in [0.25, 0.3) is 0 Å². The Labute approximate surface area is 81.5 Å². The average molecular weight is 258 g/mol. The highest BCUT2D eigenvalue weighted by atomic mass is 127. The molecule has 0 aliphatic carbocycles. The fraction of sp³-hybridized carbons (Fsp3) is 0.200. The van der Waals surface area contributed by atoms with Crippen molar-refractivity contribution in [2.45, 2.75) is 13.8 Å². The van der Waals surface area contributed by atoms with Gasteiger partial charge in [0.2, 0.25) is 0 Å². The fourth-order valence-corrected chi connectivity index (χ4v) is 1.84. The second-order valence-electron chi connectivity index (χ2n) is 2.47. The molecule has 0 radical (unpaired) electrons. The van der Waals surface area contributed by atoms with E-state index in [1.165, 1.54) is 14.7 Å². The van der Waals surface area contributed by atoms with Gasteiger partial charge < -0.3 is 0 Å². The molecule has 0 atom stereocenters. The molecule has 1 aromatic rings. The van der Waals surface area contributed by atoms with Crippen molar-refractivity contribution in [3.05, 3.63) is 39.0 Å². The van der Waals surface area contributed by atoms with Gasteiger partial charge in [0.15, 0.2) is 0 Å². The average Bonchev–Trinajstić information content (AvgIpc) is 1.97. The summed E-state index contributed by atoms with van der Waals surface area (Å²) in [6.45, 7) is 4.18. The largest absolute Gasteiger partial charge is 0.0870 e. The minimum Gasteiger partial charge on any atom is -0.0870 e. The van der Waals surface area contributed by atoms with Crippen molar-refractivity contribution < 1.29 is 0 Å². The number of halogens is 1. The molecule has 0 spiro atoms. The summed E-state index contributed by atoms with van der Waals surface area (Å²) in [6.07, 6.45) is 4.22. The Morgan fingerprint density at radius 2 is 2.09 bits per heavy atom. The minimum absolute atomic E-state index is 1.32. The van der Waals surface area contributed by atoms with Crippen molar-refractivity contribution >= 4 is 28.7 Å². The summed E-state index contributed by atoms with van der Waals surface area (Å²) in [5, 5.41) is 0. The van der Waals surface area contributed by atoms with E-state index in [2.05, 4.69) is 59.9 Å². The zero-order chi connectivity index (χ0) is 8.27. The van der Waals surface area contributed by atoms with Crippen LogP contribution in [0.2, 0.25) is 0 Å². The Morgan fingerprint density at radius 1 is 1.36 bits per heavy atom. The maximum atomic E-state index is 2.36. The summed E-state index contributed by atoms with van der Waals surface area (Å²) in [7, 11) is 0. The van der Waals surface area contributed by atoms with E-state index in [4.69, 9.17) is 0 Å². The Kier molecular flexibility index (Phi) is 3.12. The third kappa shape index (κ3) is 2.06. The maximum Gasteiger partial charge on any atom is 0.0205 e. The number of allylic oxidation sites excluding steroid dienone is 1. The molecule has 0 N–H and O–H groups in total. The van der Waals surface area contributed by atoms with Gasteiger partial charge in [0.1, 0.15) is 0 Å². The van der Waals surface area contributed by atoms with Crippen molar-refractivity contribution in [2.75, 3.05) is 0 Å². The van der Waals surface area contributed by atoms with E-state index in [0.717, 1.165) is 0 Å². The van der Waals surface area contributed by atoms with Crippen molar-refractivity contribution in [3.63, 3.8) is 0 Å². The summed E-state index contributed by atoms with van der Waals surface area (Å²) in [5.41, 5.74) is 2.69. The minimum atomic E-state index is 1.32. The van der Waals surface area contributed by atoms with E-state index < -0.39 is 0 Å². The monoisotopic (exact) mass is 258 g/mol. The molecular formula is C10H11I. The molecule has 0 aliphatic rings. The van der Waals surface area contributed by atoms with Crippen LogP contribution in [0.4, 0.5) is 0 Å². The van der Waals surface area contributed by atoms with Gasteiger partial charge in [-0.3, -0.25) is 0 Å². The number of hydrogen-bond donors (Lipinski definition) is 0. The highest BCUT2D eigenvalue weighted by Crippen LogP contribution is 2.17. The lowest BCUT2D eigenvalue weighted by Gasteiger charge is -2.01. The molecule has 1 heteroatoms. The molecule has 0 saturated carbocycles. The standard InChI is InChI=1S/C10H11I/c1-3-5-9-8(2)6-4-7-10(9)11/h3-7H,1-2H3/b5-3-. The zero-order valence-corrected chi connectivity index (χ0v) is 8.92. The van der Waals surface area contributed by atoms with Gasteiger partial charge in [-0.2, -0.15) is 0 Å². The van der Waals surface area contributed by atoms with Crippen LogP contribution in [0.3, 0.4) is 0 Å². The van der Waals surface area contributed by atoms with E-state index in [0.29, 0.717) is 0 Å². The molecule has 0 saturated heterocycles. The Balaban J connectivity index is 3.20. The highest BCUT2D eigenvalue weighted by molar-refractivity contribution is 14.1. The van der Waals surface area contributed by atoms with E-state index in [1.54, 1.807) is 0 Å². The van der Waals surface area contributed by atoms with Gasteiger partial charge in [-0.1, -0.05) is 24.3 Å². The summed E-state index contributed by atoms with van der Waals surface area (Å²) in [6, 6.07) is 6.35. The first kappa shape index (κ1) is 8.78. The van der Waals surface area contributed by atoms with Gasteiger partial charge in [-0.05, 0) is 53.6 Å². The molecule has 1 rings (SSSR count). The lowest BCUT2D eigenvalue weighted by Crippen LogP contribution is -1.83. The molecule has 0 fully saturated rings. The molecule has 0 bridgehead atoms. The van der Waals surface area contributed by atoms with E-state index >= 15 is 0 Å². The first-order valence-electron chi connectivity index (χ1n) is 3.63. The normalized spacial score (nSPS) is 10.8. The lowest BCUT2D eigenvalue weighted by atomic mass is 10.1. The zero-order valence-electron chi connectivity index (χ0n) is 6.76. The van der Waals surface area contributed by atoms with Crippen molar-refractivity contribution in [1.82, 2.24) is 0 Å². The van der Waals surface area contributed by atoms with Gasteiger partial charge in [0, 0.05) is 3.57 Å². The van der Waals surface area contributed by atoms with Crippen LogP contribution in [0, 0.1) is 10.5 Å². The summed E-state index contributed by atoms with van der Waals surface area (Å²) in [5.74, 6) is 0. The lowest BCUT2D eigenvalue weighted by molar-refractivity contribution is 1.42. The molecule has 1 aromatic carbocycles. The molecule has 58 valence electrons. The molecule has 0 aromatic heterocycles. The van der Waals surface area contributed by atoms with Crippen molar-refractivity contribution in [1.29, 1.82) is 0 Å². The van der Waals surface area contributed by atoms with Gasteiger partial charge in [-0.25, -0.2) is 0 Å². The molecular weight excluding hydrogens is 247 g/mol. The van der Waals surface area contributed by atoms with Crippen LogP contribution in [-0.2, 0) is 0 Å². The second-order valence-corrected chi connectivity index (χ2v) is 3.63. The predicted molar refractivity (Wildman–Crippen MR) is 58.6 cm³/mol. The Bertz CT molecular complexity index is 254. The second kappa shape index (κ2) is 3.90. The maximum absolute atomic E-state index is 2.36. The molecule has 0 heterocycles. The summed E-state index contributed by atoms with van der Waals surface area (Å²) < 4.78 is 1.32. The Morgan fingerprint density at radius 3 is 2.64 bits per heavy atom. The topological polar surface area (TPSA) is 0 Å². The van der Waals surface area contributed by atoms with E-state index in [-0.39, 0.29) is 0 Å². The first-order chi connectivity index (χ1) is 5.25. The first-order valence-corrected chi connectivity index (χ1v) is 4.71. The van der Waals surface area contributed by atoms with Crippen LogP contribution in [0.5, 0.6) is 0 Å². The molecule has 0 aliphatic heterocycles. The van der Waals surface area contributed by atoms with E-state index in [9.17, 15) is 0 Å². The molecule has 11 heavy (non-hydrogen) atoms. The quantitative estimate of drug-likeness (QED) is 0.675. The molecule has 0 unspecified atom stereocenters. The van der Waals surface area contributed by atoms with Crippen molar-refractivity contribution in [3.8, 4) is 0 Å². The van der Waals surface area contributed by atoms with Crippen LogP contribution in [-0.4, -0.2) is 0 Å². The van der Waals surface area contributed by atoms with Crippen LogP contribution in [0.1, 0.15) is 18.1 Å². The van der Waals surface area contributed by atoms with Gasteiger partial charge in [-0.15, -0.1) is 0 Å². The van der Waals surface area contributed by atoms with Crippen LogP contribution in [0.15, 0.2) is 24.3 Å². The molecule has 0 nitrogen and oxygen atoms in total. The van der Waals surface area contributed by atoms with Gasteiger partial charge in [0.05, 0.1) is 0 Å². The number of rotatable bonds is 1. The van der Waals surface area contributed by atoms with Gasteiger partial charge >= 0.3 is 0 Å². The Hall–Kier alpha value is -0.310.